The molecule has 4 aromatic rings. The van der Waals surface area contributed by atoms with Crippen LogP contribution >= 0.6 is 0 Å². The van der Waals surface area contributed by atoms with Crippen molar-refractivity contribution in [3.63, 3.8) is 0 Å². The van der Waals surface area contributed by atoms with E-state index in [0.717, 1.165) is 46.1 Å². The second kappa shape index (κ2) is 14.4. The minimum absolute atomic E-state index is 0. The van der Waals surface area contributed by atoms with Gasteiger partial charge in [0.15, 0.2) is 0 Å². The number of hydrogen-bond donors (Lipinski definition) is 2. The fraction of sp³-hybridized carbons (Fsp3) is 0.214. The number of rotatable bonds is 7. The van der Waals surface area contributed by atoms with Gasteiger partial charge in [0.05, 0.1) is 7.11 Å². The zero-order chi connectivity index (χ0) is 24.3. The molecule has 0 unspecified atom stereocenters. The van der Waals surface area contributed by atoms with E-state index in [2.05, 4.69) is 27.4 Å². The molecule has 0 atom stereocenters. The molecule has 2 N–H and O–H groups in total. The summed E-state index contributed by atoms with van der Waals surface area (Å²) in [7, 11) is 7.58. The maximum atomic E-state index is 9.29. The topological polar surface area (TPSA) is 70.5 Å². The van der Waals surface area contributed by atoms with Crippen LogP contribution in [-0.2, 0) is 34.2 Å². The fourth-order valence-corrected chi connectivity index (χ4v) is 3.39. The van der Waals surface area contributed by atoms with Crippen molar-refractivity contribution in [3.8, 4) is 28.3 Å². The number of aliphatic hydroxyl groups excluding tert-OH is 1. The summed E-state index contributed by atoms with van der Waals surface area (Å²) >= 11 is 0. The Labute approximate surface area is 222 Å². The molecule has 7 heteroatoms. The van der Waals surface area contributed by atoms with Crippen LogP contribution in [0.1, 0.15) is 11.1 Å². The smallest absolute Gasteiger partial charge is 0.540 e. The van der Waals surface area contributed by atoms with Crippen molar-refractivity contribution >= 4 is 5.69 Å². The molecule has 0 aliphatic heterocycles. The van der Waals surface area contributed by atoms with Crippen LogP contribution in [0, 0.1) is 12.1 Å². The third kappa shape index (κ3) is 7.72. The van der Waals surface area contributed by atoms with E-state index < -0.39 is 0 Å². The molecule has 0 amide bonds. The largest absolute Gasteiger partial charge is 2.00 e. The van der Waals surface area contributed by atoms with Crippen LogP contribution in [0.4, 0.5) is 5.69 Å². The number of aromatic nitrogens is 2. The van der Waals surface area contributed by atoms with Gasteiger partial charge in [0.2, 0.25) is 0 Å². The van der Waals surface area contributed by atoms with Gasteiger partial charge in [0, 0.05) is 51.1 Å². The summed E-state index contributed by atoms with van der Waals surface area (Å²) in [5.74, 6) is 0.788. The third-order valence-electron chi connectivity index (χ3n) is 5.13. The van der Waals surface area contributed by atoms with Crippen molar-refractivity contribution in [2.75, 3.05) is 33.2 Å². The molecule has 0 saturated heterocycles. The van der Waals surface area contributed by atoms with Crippen molar-refractivity contribution in [1.29, 1.82) is 0 Å². The SMILES string of the molecule is CNCc1ccnc(-c2[c-]cccc2CO)c1.COc1ccc[c-]c1-c1cc(N(C)C)ccn1.[Pt+2]. The van der Waals surface area contributed by atoms with Crippen molar-refractivity contribution in [1.82, 2.24) is 15.3 Å². The molecular formula is C28H30N4O2Pt. The van der Waals surface area contributed by atoms with Crippen LogP contribution < -0.4 is 15.0 Å². The van der Waals surface area contributed by atoms with Gasteiger partial charge in [-0.1, -0.05) is 17.7 Å². The van der Waals surface area contributed by atoms with Crippen LogP contribution in [0.5, 0.6) is 5.75 Å². The Bertz CT molecular complexity index is 1200. The number of benzene rings is 2. The van der Waals surface area contributed by atoms with Gasteiger partial charge in [-0.2, -0.15) is 0 Å². The number of ether oxygens (including phenoxy) is 1. The van der Waals surface area contributed by atoms with Gasteiger partial charge in [-0.05, 0) is 36.1 Å². The number of anilines is 1. The maximum Gasteiger partial charge on any atom is 2.00 e. The average Bonchev–Trinajstić information content (AvgIpc) is 2.89. The number of aliphatic hydroxyl groups is 1. The minimum Gasteiger partial charge on any atom is -0.540 e. The average molecular weight is 650 g/mol. The van der Waals surface area contributed by atoms with Gasteiger partial charge >= 0.3 is 21.1 Å². The van der Waals surface area contributed by atoms with Crippen LogP contribution in [0.2, 0.25) is 0 Å². The first-order chi connectivity index (χ1) is 16.6. The van der Waals surface area contributed by atoms with Crippen LogP contribution in [0.3, 0.4) is 0 Å². The molecule has 0 aliphatic rings. The van der Waals surface area contributed by atoms with E-state index >= 15 is 0 Å². The van der Waals surface area contributed by atoms with Crippen molar-refractivity contribution in [2.24, 2.45) is 0 Å². The Hall–Kier alpha value is -3.05. The number of nitrogens with zero attached hydrogens (tertiary/aromatic N) is 3. The molecule has 0 fully saturated rings. The molecule has 35 heavy (non-hydrogen) atoms. The number of methoxy groups -OCH3 is 1. The summed E-state index contributed by atoms with van der Waals surface area (Å²) in [6, 6.07) is 25.5. The zero-order valence-electron chi connectivity index (χ0n) is 20.4. The second-order valence-electron chi connectivity index (χ2n) is 7.72. The van der Waals surface area contributed by atoms with Crippen LogP contribution in [0.15, 0.2) is 73.1 Å². The van der Waals surface area contributed by atoms with Crippen molar-refractivity contribution < 1.29 is 30.9 Å². The van der Waals surface area contributed by atoms with Crippen LogP contribution in [-0.4, -0.2) is 43.3 Å². The van der Waals surface area contributed by atoms with E-state index in [0.29, 0.717) is 0 Å². The van der Waals surface area contributed by atoms with E-state index in [1.807, 2.05) is 86.7 Å². The van der Waals surface area contributed by atoms with E-state index in [9.17, 15) is 5.11 Å². The first-order valence-electron chi connectivity index (χ1n) is 11.0. The summed E-state index contributed by atoms with van der Waals surface area (Å²) in [6.45, 7) is 0.807. The molecule has 0 bridgehead atoms. The molecular weight excluding hydrogens is 619 g/mol. The molecule has 6 nitrogen and oxygen atoms in total. The Morgan fingerprint density at radius 3 is 2.26 bits per heavy atom. The summed E-state index contributed by atoms with van der Waals surface area (Å²) < 4.78 is 5.32. The van der Waals surface area contributed by atoms with E-state index in [-0.39, 0.29) is 27.7 Å². The van der Waals surface area contributed by atoms with E-state index in [4.69, 9.17) is 4.74 Å². The number of nitrogens with one attached hydrogen (secondary N) is 1. The summed E-state index contributed by atoms with van der Waals surface area (Å²) in [4.78, 5) is 10.7. The predicted molar refractivity (Wildman–Crippen MR) is 137 cm³/mol. The fourth-order valence-electron chi connectivity index (χ4n) is 3.39. The number of pyridine rings is 2. The van der Waals surface area contributed by atoms with Crippen molar-refractivity contribution in [2.45, 2.75) is 13.2 Å². The van der Waals surface area contributed by atoms with Gasteiger partial charge in [-0.3, -0.25) is 0 Å². The molecule has 2 aromatic heterocycles. The number of hydrogen-bond acceptors (Lipinski definition) is 6. The molecule has 184 valence electrons. The molecule has 0 saturated carbocycles. The van der Waals surface area contributed by atoms with Crippen LogP contribution in [0.25, 0.3) is 22.5 Å². The van der Waals surface area contributed by atoms with Gasteiger partial charge in [-0.15, -0.1) is 59.7 Å². The van der Waals surface area contributed by atoms with E-state index in [1.165, 1.54) is 5.56 Å². The molecule has 2 heterocycles. The predicted octanol–water partition coefficient (Wildman–Crippen LogP) is 4.38. The first-order valence-corrected chi connectivity index (χ1v) is 11.0. The maximum absolute atomic E-state index is 9.29. The summed E-state index contributed by atoms with van der Waals surface area (Å²) in [6.07, 6.45) is 3.58. The van der Waals surface area contributed by atoms with Gasteiger partial charge < -0.3 is 30.0 Å². The summed E-state index contributed by atoms with van der Waals surface area (Å²) in [5.41, 5.74) is 6.59. The monoisotopic (exact) mass is 649 g/mol. The molecule has 0 aliphatic carbocycles. The minimum atomic E-state index is 0. The Balaban J connectivity index is 0.000000240. The third-order valence-corrected chi connectivity index (χ3v) is 5.13. The first kappa shape index (κ1) is 28.2. The molecule has 0 radical (unpaired) electrons. The van der Waals surface area contributed by atoms with E-state index in [1.54, 1.807) is 19.5 Å². The normalized spacial score (nSPS) is 9.97. The van der Waals surface area contributed by atoms with Crippen molar-refractivity contribution in [3.05, 3.63) is 96.3 Å². The molecule has 4 rings (SSSR count). The quantitative estimate of drug-likeness (QED) is 0.290. The Morgan fingerprint density at radius 1 is 0.943 bits per heavy atom. The molecule has 2 aromatic carbocycles. The van der Waals surface area contributed by atoms with Gasteiger partial charge in [0.25, 0.3) is 0 Å². The zero-order valence-corrected chi connectivity index (χ0v) is 22.6. The van der Waals surface area contributed by atoms with Gasteiger partial charge in [0.1, 0.15) is 0 Å². The standard InChI is InChI=1S/2C14H15N2O.Pt/c1-16(2)11-8-9-15-13(10-11)12-6-4-5-7-14(12)17-3;1-15-9-11-6-7-16-14(8-11)13-5-3-2-4-12(13)10-17;/h4-5,7-10H,1-3H3;2-4,6-8,15,17H,9-10H2,1H3;/q2*-1;+2. The summed E-state index contributed by atoms with van der Waals surface area (Å²) in [5, 5.41) is 12.4. The van der Waals surface area contributed by atoms with Gasteiger partial charge in [-0.25, -0.2) is 0 Å². The Morgan fingerprint density at radius 2 is 1.60 bits per heavy atom. The Kier molecular flexibility index (Phi) is 11.6. The second-order valence-corrected chi connectivity index (χ2v) is 7.72. The molecule has 0 spiro atoms.